The van der Waals surface area contributed by atoms with E-state index in [0.29, 0.717) is 18.0 Å². The summed E-state index contributed by atoms with van der Waals surface area (Å²) in [5.74, 6) is 1.43. The Morgan fingerprint density at radius 3 is 2.17 bits per heavy atom. The van der Waals surface area contributed by atoms with E-state index in [1.54, 1.807) is 31.4 Å². The Morgan fingerprint density at radius 1 is 1.00 bits per heavy atom. The van der Waals surface area contributed by atoms with Crippen molar-refractivity contribution >= 4 is 21.4 Å². The zero-order valence-electron chi connectivity index (χ0n) is 17.3. The molecule has 2 N–H and O–H groups in total. The van der Waals surface area contributed by atoms with Gasteiger partial charge in [0.2, 0.25) is 10.0 Å². The first-order valence-corrected chi connectivity index (χ1v) is 11.7. The molecule has 3 rings (SSSR count). The van der Waals surface area contributed by atoms with Crippen LogP contribution in [0, 0.1) is 0 Å². The fraction of sp³-hybridized carbons (Fsp3) is 0.429. The van der Waals surface area contributed by atoms with E-state index in [1.165, 1.54) is 5.69 Å². The summed E-state index contributed by atoms with van der Waals surface area (Å²) >= 11 is 0. The van der Waals surface area contributed by atoms with Crippen LogP contribution < -0.4 is 19.1 Å². The Morgan fingerprint density at radius 2 is 1.60 bits per heavy atom. The second-order valence-electron chi connectivity index (χ2n) is 7.35. The van der Waals surface area contributed by atoms with E-state index in [0.717, 1.165) is 38.2 Å². The van der Waals surface area contributed by atoms with Crippen molar-refractivity contribution < 1.29 is 23.0 Å². The Hall–Kier alpha value is -2.49. The number of sulfonamides is 1. The Labute approximate surface area is 178 Å². The SMILES string of the molecule is COc1ccc(N2CCN(CC(O)COc3ccc(NS(C)(=O)=O)cc3)CC2)cc1. The van der Waals surface area contributed by atoms with E-state index >= 15 is 0 Å². The molecular weight excluding hydrogens is 406 g/mol. The number of anilines is 2. The maximum absolute atomic E-state index is 11.2. The molecule has 1 fully saturated rings. The maximum atomic E-state index is 11.2. The van der Waals surface area contributed by atoms with Gasteiger partial charge >= 0.3 is 0 Å². The fourth-order valence-electron chi connectivity index (χ4n) is 3.36. The van der Waals surface area contributed by atoms with Crippen LogP contribution in [0.25, 0.3) is 0 Å². The number of ether oxygens (including phenoxy) is 2. The van der Waals surface area contributed by atoms with Gasteiger partial charge in [-0.25, -0.2) is 8.42 Å². The second kappa shape index (κ2) is 10.0. The molecular formula is C21H29N3O5S. The predicted molar refractivity (Wildman–Crippen MR) is 118 cm³/mol. The normalized spacial score (nSPS) is 16.2. The van der Waals surface area contributed by atoms with E-state index in [1.807, 2.05) is 12.1 Å². The summed E-state index contributed by atoms with van der Waals surface area (Å²) in [5.41, 5.74) is 1.65. The predicted octanol–water partition coefficient (Wildman–Crippen LogP) is 1.63. The largest absolute Gasteiger partial charge is 0.497 e. The van der Waals surface area contributed by atoms with Crippen molar-refractivity contribution in [3.05, 3.63) is 48.5 Å². The van der Waals surface area contributed by atoms with Gasteiger partial charge in [0.25, 0.3) is 0 Å². The van der Waals surface area contributed by atoms with E-state index in [-0.39, 0.29) is 6.61 Å². The molecule has 164 valence electrons. The average molecular weight is 436 g/mol. The van der Waals surface area contributed by atoms with Gasteiger partial charge in [-0.05, 0) is 48.5 Å². The highest BCUT2D eigenvalue weighted by atomic mass is 32.2. The highest BCUT2D eigenvalue weighted by Crippen LogP contribution is 2.21. The Balaban J connectivity index is 1.40. The van der Waals surface area contributed by atoms with Crippen LogP contribution in [0.1, 0.15) is 0 Å². The quantitative estimate of drug-likeness (QED) is 0.619. The molecule has 2 aromatic carbocycles. The molecule has 0 aromatic heterocycles. The van der Waals surface area contributed by atoms with E-state index in [2.05, 4.69) is 26.7 Å². The number of aliphatic hydroxyl groups excluding tert-OH is 1. The molecule has 1 saturated heterocycles. The summed E-state index contributed by atoms with van der Waals surface area (Å²) in [4.78, 5) is 4.55. The van der Waals surface area contributed by atoms with Crippen molar-refractivity contribution in [2.45, 2.75) is 6.10 Å². The highest BCUT2D eigenvalue weighted by molar-refractivity contribution is 7.92. The van der Waals surface area contributed by atoms with Gasteiger partial charge in [0, 0.05) is 44.1 Å². The average Bonchev–Trinajstić information content (AvgIpc) is 2.73. The van der Waals surface area contributed by atoms with Gasteiger partial charge < -0.3 is 19.5 Å². The molecule has 1 aliphatic heterocycles. The minimum atomic E-state index is -3.30. The topological polar surface area (TPSA) is 91.3 Å². The first-order chi connectivity index (χ1) is 14.3. The van der Waals surface area contributed by atoms with Crippen molar-refractivity contribution in [1.82, 2.24) is 4.90 Å². The zero-order valence-corrected chi connectivity index (χ0v) is 18.1. The molecule has 1 aliphatic rings. The van der Waals surface area contributed by atoms with Crippen LogP contribution in [0.15, 0.2) is 48.5 Å². The summed E-state index contributed by atoms with van der Waals surface area (Å²) in [6.45, 7) is 4.26. The molecule has 9 heteroatoms. The number of hydrogen-bond acceptors (Lipinski definition) is 7. The van der Waals surface area contributed by atoms with Gasteiger partial charge in [0.05, 0.1) is 13.4 Å². The standard InChI is InChI=1S/C21H29N3O5S/c1-28-20-9-5-18(6-10-20)24-13-11-23(12-14-24)15-19(25)16-29-21-7-3-17(4-8-21)22-30(2,26)27/h3-10,19,22,25H,11-16H2,1-2H3. The van der Waals surface area contributed by atoms with Gasteiger partial charge in [-0.1, -0.05) is 0 Å². The fourth-order valence-corrected chi connectivity index (χ4v) is 3.92. The number of nitrogens with one attached hydrogen (secondary N) is 1. The lowest BCUT2D eigenvalue weighted by Crippen LogP contribution is -2.49. The van der Waals surface area contributed by atoms with Gasteiger partial charge in [0.1, 0.15) is 24.2 Å². The lowest BCUT2D eigenvalue weighted by atomic mass is 10.2. The molecule has 1 atom stereocenters. The number of methoxy groups -OCH3 is 1. The molecule has 0 radical (unpaired) electrons. The van der Waals surface area contributed by atoms with Crippen LogP contribution in [-0.4, -0.2) is 77.2 Å². The minimum Gasteiger partial charge on any atom is -0.497 e. The monoisotopic (exact) mass is 435 g/mol. The molecule has 0 amide bonds. The van der Waals surface area contributed by atoms with Crippen molar-refractivity contribution in [3.63, 3.8) is 0 Å². The maximum Gasteiger partial charge on any atom is 0.229 e. The first kappa shape index (κ1) is 22.2. The summed E-state index contributed by atoms with van der Waals surface area (Å²) < 4.78 is 35.7. The minimum absolute atomic E-state index is 0.178. The van der Waals surface area contributed by atoms with Crippen molar-refractivity contribution in [2.75, 3.05) is 62.3 Å². The number of nitrogens with zero attached hydrogens (tertiary/aromatic N) is 2. The van der Waals surface area contributed by atoms with Crippen LogP contribution in [0.2, 0.25) is 0 Å². The summed E-state index contributed by atoms with van der Waals surface area (Å²) in [6, 6.07) is 14.7. The van der Waals surface area contributed by atoms with Gasteiger partial charge in [-0.3, -0.25) is 9.62 Å². The lowest BCUT2D eigenvalue weighted by molar-refractivity contribution is 0.0663. The summed E-state index contributed by atoms with van der Waals surface area (Å²) in [5, 5.41) is 10.3. The van der Waals surface area contributed by atoms with Gasteiger partial charge in [-0.2, -0.15) is 0 Å². The van der Waals surface area contributed by atoms with Crippen molar-refractivity contribution in [1.29, 1.82) is 0 Å². The number of β-amino-alcohol motifs (C(OH)–C–C–N with tert-alkyl or cyclic N) is 1. The summed E-state index contributed by atoms with van der Waals surface area (Å²) in [6.07, 6.45) is 0.497. The third kappa shape index (κ3) is 6.79. The third-order valence-electron chi connectivity index (χ3n) is 4.88. The molecule has 30 heavy (non-hydrogen) atoms. The number of benzene rings is 2. The molecule has 1 heterocycles. The van der Waals surface area contributed by atoms with Crippen LogP contribution in [0.3, 0.4) is 0 Å². The number of piperazine rings is 1. The van der Waals surface area contributed by atoms with E-state index in [9.17, 15) is 13.5 Å². The number of hydrogen-bond donors (Lipinski definition) is 2. The molecule has 0 spiro atoms. The highest BCUT2D eigenvalue weighted by Gasteiger charge is 2.20. The summed E-state index contributed by atoms with van der Waals surface area (Å²) in [7, 11) is -1.64. The smallest absolute Gasteiger partial charge is 0.229 e. The first-order valence-electron chi connectivity index (χ1n) is 9.82. The van der Waals surface area contributed by atoms with E-state index < -0.39 is 16.1 Å². The van der Waals surface area contributed by atoms with Crippen molar-refractivity contribution in [3.8, 4) is 11.5 Å². The Kier molecular flexibility index (Phi) is 7.41. The molecule has 0 bridgehead atoms. The molecule has 1 unspecified atom stereocenters. The van der Waals surface area contributed by atoms with E-state index in [4.69, 9.17) is 9.47 Å². The zero-order chi connectivity index (χ0) is 21.6. The van der Waals surface area contributed by atoms with Crippen LogP contribution in [0.4, 0.5) is 11.4 Å². The Bertz CT molecular complexity index is 895. The van der Waals surface area contributed by atoms with Crippen LogP contribution >= 0.6 is 0 Å². The molecule has 2 aromatic rings. The van der Waals surface area contributed by atoms with Gasteiger partial charge in [-0.15, -0.1) is 0 Å². The van der Waals surface area contributed by atoms with Gasteiger partial charge in [0.15, 0.2) is 0 Å². The lowest BCUT2D eigenvalue weighted by Gasteiger charge is -2.36. The second-order valence-corrected chi connectivity index (χ2v) is 9.10. The van der Waals surface area contributed by atoms with Crippen LogP contribution in [0.5, 0.6) is 11.5 Å². The third-order valence-corrected chi connectivity index (χ3v) is 5.49. The van der Waals surface area contributed by atoms with Crippen LogP contribution in [-0.2, 0) is 10.0 Å². The number of aliphatic hydroxyl groups is 1. The molecule has 8 nitrogen and oxygen atoms in total. The molecule has 0 saturated carbocycles. The number of rotatable bonds is 9. The molecule has 0 aliphatic carbocycles. The van der Waals surface area contributed by atoms with Crippen molar-refractivity contribution in [2.24, 2.45) is 0 Å².